The van der Waals surface area contributed by atoms with Crippen molar-refractivity contribution in [1.82, 2.24) is 20.9 Å². The average Bonchev–Trinajstić information content (AvgIpc) is 2.92. The molecule has 41 heavy (non-hydrogen) atoms. The molecule has 4 rings (SSSR count). The molecule has 0 radical (unpaired) electrons. The molecule has 218 valence electrons. The SMILES string of the molecule is CC(C)CCCC(C)CCC1C(=O)NC(=O)NC1=O.O=C1NC(=O)N(Cc2ccccc2)C(=O)C1c1ccccc1. The minimum atomic E-state index is -0.984. The summed E-state index contributed by atoms with van der Waals surface area (Å²) in [6.07, 6.45) is 4.85. The number of rotatable bonds is 10. The average molecular weight is 563 g/mol. The highest BCUT2D eigenvalue weighted by Gasteiger charge is 2.41. The normalized spacial score (nSPS) is 18.3. The van der Waals surface area contributed by atoms with Crippen molar-refractivity contribution < 1.29 is 28.8 Å². The van der Waals surface area contributed by atoms with Gasteiger partial charge in [-0.15, -0.1) is 0 Å². The second kappa shape index (κ2) is 14.9. The molecule has 10 heteroatoms. The van der Waals surface area contributed by atoms with E-state index in [4.69, 9.17) is 0 Å². The number of carbonyl (C=O) groups excluding carboxylic acids is 6. The number of benzene rings is 2. The Kier molecular flexibility index (Phi) is 11.3. The van der Waals surface area contributed by atoms with E-state index in [2.05, 4.69) is 36.7 Å². The van der Waals surface area contributed by atoms with E-state index in [1.54, 1.807) is 24.3 Å². The number of imide groups is 4. The standard InChI is InChI=1S/C17H14N2O3.C14H24N2O3/c20-15-14(13-9-5-2-6-10-13)16(21)19(17(22)18-15)11-12-7-3-1-4-8-12;1-9(2)5-4-6-10(3)7-8-11-12(17)15-14(19)16-13(11)18/h1-10,14H,11H2,(H,18,20,22);9-11H,4-8H2,1-3H3,(H2,15,16,17,18,19). The zero-order valence-corrected chi connectivity index (χ0v) is 23.7. The molecule has 2 saturated heterocycles. The molecule has 0 saturated carbocycles. The number of urea groups is 2. The molecular weight excluding hydrogens is 524 g/mol. The van der Waals surface area contributed by atoms with Gasteiger partial charge in [0.05, 0.1) is 6.54 Å². The Balaban J connectivity index is 0.000000229. The largest absolute Gasteiger partial charge is 0.331 e. The molecule has 0 aromatic heterocycles. The van der Waals surface area contributed by atoms with Crippen molar-refractivity contribution in [3.8, 4) is 0 Å². The molecule has 2 aliphatic heterocycles. The smallest absolute Gasteiger partial charge is 0.277 e. The Labute approximate surface area is 240 Å². The van der Waals surface area contributed by atoms with Crippen LogP contribution in [-0.4, -0.2) is 40.6 Å². The van der Waals surface area contributed by atoms with Gasteiger partial charge in [0.2, 0.25) is 23.6 Å². The molecule has 8 amide bonds. The Morgan fingerprint density at radius 1 is 0.707 bits per heavy atom. The first-order valence-corrected chi connectivity index (χ1v) is 14.0. The number of hydrogen-bond acceptors (Lipinski definition) is 6. The minimum absolute atomic E-state index is 0.141. The highest BCUT2D eigenvalue weighted by Crippen LogP contribution is 2.24. The first-order chi connectivity index (χ1) is 19.6. The lowest BCUT2D eigenvalue weighted by molar-refractivity contribution is -0.139. The summed E-state index contributed by atoms with van der Waals surface area (Å²) in [6.45, 7) is 6.70. The number of barbiturate groups is 2. The molecule has 2 fully saturated rings. The van der Waals surface area contributed by atoms with E-state index in [1.807, 2.05) is 36.4 Å². The van der Waals surface area contributed by atoms with E-state index in [0.29, 0.717) is 23.8 Å². The topological polar surface area (TPSA) is 142 Å². The Morgan fingerprint density at radius 2 is 1.29 bits per heavy atom. The first-order valence-electron chi connectivity index (χ1n) is 14.0. The van der Waals surface area contributed by atoms with Crippen molar-refractivity contribution in [1.29, 1.82) is 0 Å². The van der Waals surface area contributed by atoms with E-state index < -0.39 is 47.5 Å². The van der Waals surface area contributed by atoms with Crippen LogP contribution in [0.4, 0.5) is 9.59 Å². The fraction of sp³-hybridized carbons (Fsp3) is 0.419. The zero-order valence-electron chi connectivity index (χ0n) is 23.7. The van der Waals surface area contributed by atoms with Gasteiger partial charge < -0.3 is 0 Å². The maximum absolute atomic E-state index is 12.6. The van der Waals surface area contributed by atoms with Crippen LogP contribution in [0.15, 0.2) is 60.7 Å². The molecule has 2 unspecified atom stereocenters. The van der Waals surface area contributed by atoms with Crippen molar-refractivity contribution in [2.75, 3.05) is 0 Å². The predicted octanol–water partition coefficient (Wildman–Crippen LogP) is 4.26. The molecule has 0 aliphatic carbocycles. The van der Waals surface area contributed by atoms with E-state index in [-0.39, 0.29) is 6.54 Å². The van der Waals surface area contributed by atoms with Gasteiger partial charge >= 0.3 is 12.1 Å². The third-order valence-corrected chi connectivity index (χ3v) is 7.10. The number of nitrogens with zero attached hydrogens (tertiary/aromatic N) is 1. The summed E-state index contributed by atoms with van der Waals surface area (Å²) in [6, 6.07) is 16.5. The van der Waals surface area contributed by atoms with Crippen molar-refractivity contribution in [3.63, 3.8) is 0 Å². The highest BCUT2D eigenvalue weighted by atomic mass is 16.2. The van der Waals surface area contributed by atoms with Crippen LogP contribution in [-0.2, 0) is 25.7 Å². The van der Waals surface area contributed by atoms with Crippen LogP contribution < -0.4 is 16.0 Å². The minimum Gasteiger partial charge on any atom is -0.277 e. The third kappa shape index (κ3) is 9.09. The first kappa shape index (κ1) is 31.2. The lowest BCUT2D eigenvalue weighted by atomic mass is 9.91. The molecule has 0 spiro atoms. The summed E-state index contributed by atoms with van der Waals surface area (Å²) >= 11 is 0. The zero-order chi connectivity index (χ0) is 29.9. The van der Waals surface area contributed by atoms with Crippen LogP contribution in [0.1, 0.15) is 69.9 Å². The second-order valence-electron chi connectivity index (χ2n) is 10.9. The summed E-state index contributed by atoms with van der Waals surface area (Å²) in [5, 5.41) is 6.52. The maximum Gasteiger partial charge on any atom is 0.331 e. The molecule has 10 nitrogen and oxygen atoms in total. The fourth-order valence-corrected chi connectivity index (χ4v) is 4.75. The predicted molar refractivity (Wildman–Crippen MR) is 152 cm³/mol. The molecule has 2 aromatic rings. The fourth-order valence-electron chi connectivity index (χ4n) is 4.75. The molecular formula is C31H38N4O6. The lowest BCUT2D eigenvalue weighted by Crippen LogP contribution is -2.56. The summed E-state index contributed by atoms with van der Waals surface area (Å²) < 4.78 is 0. The van der Waals surface area contributed by atoms with Crippen molar-refractivity contribution in [3.05, 3.63) is 71.8 Å². The molecule has 2 atom stereocenters. The Morgan fingerprint density at radius 3 is 1.88 bits per heavy atom. The summed E-state index contributed by atoms with van der Waals surface area (Å²) in [5.41, 5.74) is 1.41. The van der Waals surface area contributed by atoms with Crippen molar-refractivity contribution in [2.45, 2.75) is 65.3 Å². The van der Waals surface area contributed by atoms with Crippen molar-refractivity contribution in [2.24, 2.45) is 17.8 Å². The van der Waals surface area contributed by atoms with Gasteiger partial charge in [-0.2, -0.15) is 0 Å². The number of amides is 8. The van der Waals surface area contributed by atoms with Gasteiger partial charge in [-0.3, -0.25) is 40.0 Å². The van der Waals surface area contributed by atoms with Gasteiger partial charge in [0.25, 0.3) is 0 Å². The number of nitrogens with one attached hydrogen (secondary N) is 3. The third-order valence-electron chi connectivity index (χ3n) is 7.10. The van der Waals surface area contributed by atoms with Gasteiger partial charge in [-0.1, -0.05) is 101 Å². The van der Waals surface area contributed by atoms with Crippen LogP contribution in [0.3, 0.4) is 0 Å². The lowest BCUT2D eigenvalue weighted by Gasteiger charge is -2.30. The van der Waals surface area contributed by atoms with Gasteiger partial charge in [0, 0.05) is 0 Å². The quantitative estimate of drug-likeness (QED) is 0.370. The summed E-state index contributed by atoms with van der Waals surface area (Å²) in [7, 11) is 0. The van der Waals surface area contributed by atoms with E-state index in [0.717, 1.165) is 23.3 Å². The van der Waals surface area contributed by atoms with Gasteiger partial charge in [-0.25, -0.2) is 9.59 Å². The second-order valence-corrected chi connectivity index (χ2v) is 10.9. The van der Waals surface area contributed by atoms with E-state index >= 15 is 0 Å². The monoisotopic (exact) mass is 562 g/mol. The molecule has 2 aromatic carbocycles. The highest BCUT2D eigenvalue weighted by molar-refractivity contribution is 6.19. The van der Waals surface area contributed by atoms with Crippen LogP contribution in [0.2, 0.25) is 0 Å². The molecule has 3 N–H and O–H groups in total. The maximum atomic E-state index is 12.6. The summed E-state index contributed by atoms with van der Waals surface area (Å²) in [5.74, 6) is -2.50. The molecule has 0 bridgehead atoms. The molecule has 2 aliphatic rings. The van der Waals surface area contributed by atoms with Crippen LogP contribution in [0, 0.1) is 17.8 Å². The van der Waals surface area contributed by atoms with Crippen molar-refractivity contribution >= 4 is 35.7 Å². The van der Waals surface area contributed by atoms with Gasteiger partial charge in [0.15, 0.2) is 0 Å². The Hall–Kier alpha value is -4.34. The van der Waals surface area contributed by atoms with Gasteiger partial charge in [0.1, 0.15) is 11.8 Å². The Bertz CT molecular complexity index is 1230. The molecule has 2 heterocycles. The van der Waals surface area contributed by atoms with E-state index in [9.17, 15) is 28.8 Å². The van der Waals surface area contributed by atoms with Crippen LogP contribution in [0.5, 0.6) is 0 Å². The van der Waals surface area contributed by atoms with Gasteiger partial charge in [-0.05, 0) is 35.8 Å². The number of carbonyl (C=O) groups is 6. The van der Waals surface area contributed by atoms with E-state index in [1.165, 1.54) is 12.8 Å². The number of hydrogen-bond donors (Lipinski definition) is 3. The van der Waals surface area contributed by atoms with Crippen LogP contribution in [0.25, 0.3) is 0 Å². The van der Waals surface area contributed by atoms with Crippen LogP contribution >= 0.6 is 0 Å². The summed E-state index contributed by atoms with van der Waals surface area (Å²) in [4.78, 5) is 71.7.